The second kappa shape index (κ2) is 8.43. The van der Waals surface area contributed by atoms with Gasteiger partial charge in [-0.2, -0.15) is 4.31 Å². The van der Waals surface area contributed by atoms with Crippen molar-refractivity contribution < 1.29 is 22.7 Å². The van der Waals surface area contributed by atoms with Gasteiger partial charge in [-0.15, -0.1) is 0 Å². The van der Waals surface area contributed by atoms with E-state index in [-0.39, 0.29) is 37.0 Å². The smallest absolute Gasteiger partial charge is 0.339 e. The first kappa shape index (κ1) is 21.5. The number of hydrogen-bond donors (Lipinski definition) is 0. The molecule has 1 unspecified atom stereocenters. The van der Waals surface area contributed by atoms with E-state index in [1.807, 2.05) is 24.3 Å². The van der Waals surface area contributed by atoms with Crippen LogP contribution >= 0.6 is 0 Å². The van der Waals surface area contributed by atoms with E-state index in [1.54, 1.807) is 29.2 Å². The van der Waals surface area contributed by atoms with Crippen molar-refractivity contribution >= 4 is 21.9 Å². The minimum atomic E-state index is -3.62. The number of sulfonamides is 1. The number of nitrogens with zero attached hydrogens (tertiary/aromatic N) is 2. The van der Waals surface area contributed by atoms with Gasteiger partial charge in [-0.3, -0.25) is 4.79 Å². The second-order valence-electron chi connectivity index (χ2n) is 8.21. The molecule has 0 bridgehead atoms. The van der Waals surface area contributed by atoms with Crippen molar-refractivity contribution in [2.75, 3.05) is 26.2 Å². The largest absolute Gasteiger partial charge is 0.448 e. The van der Waals surface area contributed by atoms with Gasteiger partial charge in [0.2, 0.25) is 10.0 Å². The Kier molecular flexibility index (Phi) is 5.85. The SMILES string of the molecule is CC(C)c1ccc(S(=O)(=O)N2CCN(C(=O)C3Cc4ccccc4C(=O)O3)CC2)cc1. The highest BCUT2D eigenvalue weighted by molar-refractivity contribution is 7.89. The number of benzene rings is 2. The zero-order valence-corrected chi connectivity index (χ0v) is 18.5. The number of amides is 1. The summed E-state index contributed by atoms with van der Waals surface area (Å²) in [5, 5.41) is 0. The molecule has 2 aliphatic heterocycles. The Hall–Kier alpha value is -2.71. The van der Waals surface area contributed by atoms with Crippen LogP contribution in [0.3, 0.4) is 0 Å². The summed E-state index contributed by atoms with van der Waals surface area (Å²) in [5.74, 6) is -0.445. The summed E-state index contributed by atoms with van der Waals surface area (Å²) in [5.41, 5.74) is 2.37. The molecule has 0 spiro atoms. The van der Waals surface area contributed by atoms with E-state index in [2.05, 4.69) is 13.8 Å². The molecule has 8 heteroatoms. The number of ether oxygens (including phenoxy) is 1. The minimum absolute atomic E-state index is 0.206. The summed E-state index contributed by atoms with van der Waals surface area (Å²) in [7, 11) is -3.62. The maximum absolute atomic E-state index is 13.0. The van der Waals surface area contributed by atoms with Gasteiger partial charge in [-0.25, -0.2) is 13.2 Å². The van der Waals surface area contributed by atoms with Crippen LogP contribution in [0.25, 0.3) is 0 Å². The number of rotatable bonds is 4. The number of hydrogen-bond acceptors (Lipinski definition) is 5. The Balaban J connectivity index is 1.40. The fraction of sp³-hybridized carbons (Fsp3) is 0.391. The predicted octanol–water partition coefficient (Wildman–Crippen LogP) is 2.42. The standard InChI is InChI=1S/C23H26N2O5S/c1-16(2)17-7-9-19(10-8-17)31(28,29)25-13-11-24(12-14-25)22(26)21-15-18-5-3-4-6-20(18)23(27)30-21/h3-10,16,21H,11-15H2,1-2H3. The van der Waals surface area contributed by atoms with Crippen LogP contribution in [0.1, 0.15) is 41.3 Å². The normalized spacial score (nSPS) is 19.8. The number of esters is 1. The van der Waals surface area contributed by atoms with Gasteiger partial charge in [0.25, 0.3) is 5.91 Å². The number of fused-ring (bicyclic) bond motifs is 1. The van der Waals surface area contributed by atoms with Crippen LogP contribution in [0.15, 0.2) is 53.4 Å². The van der Waals surface area contributed by atoms with Gasteiger partial charge >= 0.3 is 5.97 Å². The number of cyclic esters (lactones) is 1. The lowest BCUT2D eigenvalue weighted by atomic mass is 9.98. The highest BCUT2D eigenvalue weighted by atomic mass is 32.2. The Bertz CT molecular complexity index is 1090. The molecule has 2 aliphatic rings. The third-order valence-corrected chi connectivity index (χ3v) is 7.82. The maximum atomic E-state index is 13.0. The summed E-state index contributed by atoms with van der Waals surface area (Å²) >= 11 is 0. The van der Waals surface area contributed by atoms with Gasteiger partial charge in [-0.05, 0) is 35.2 Å². The molecule has 31 heavy (non-hydrogen) atoms. The van der Waals surface area contributed by atoms with E-state index in [4.69, 9.17) is 4.74 Å². The molecule has 164 valence electrons. The van der Waals surface area contributed by atoms with E-state index in [9.17, 15) is 18.0 Å². The van der Waals surface area contributed by atoms with Gasteiger partial charge < -0.3 is 9.64 Å². The van der Waals surface area contributed by atoms with Crippen molar-refractivity contribution in [1.82, 2.24) is 9.21 Å². The second-order valence-corrected chi connectivity index (χ2v) is 10.1. The van der Waals surface area contributed by atoms with E-state index < -0.39 is 22.1 Å². The number of piperazine rings is 1. The van der Waals surface area contributed by atoms with Gasteiger partial charge in [0, 0.05) is 32.6 Å². The summed E-state index contributed by atoms with van der Waals surface area (Å²) in [4.78, 5) is 27.0. The first-order chi connectivity index (χ1) is 14.8. The molecule has 4 rings (SSSR count). The zero-order chi connectivity index (χ0) is 22.2. The number of carbonyl (C=O) groups is 2. The third-order valence-electron chi connectivity index (χ3n) is 5.90. The molecule has 2 aromatic rings. The zero-order valence-electron chi connectivity index (χ0n) is 17.7. The first-order valence-electron chi connectivity index (χ1n) is 10.4. The molecule has 0 aliphatic carbocycles. The average Bonchev–Trinajstić information content (AvgIpc) is 2.78. The van der Waals surface area contributed by atoms with Crippen LogP contribution in [0.4, 0.5) is 0 Å². The Morgan fingerprint density at radius 2 is 1.65 bits per heavy atom. The molecule has 2 heterocycles. The minimum Gasteiger partial charge on any atom is -0.448 e. The molecule has 0 aromatic heterocycles. The topological polar surface area (TPSA) is 84.0 Å². The Morgan fingerprint density at radius 1 is 1.00 bits per heavy atom. The van der Waals surface area contributed by atoms with Gasteiger partial charge in [0.15, 0.2) is 6.10 Å². The van der Waals surface area contributed by atoms with E-state index >= 15 is 0 Å². The van der Waals surface area contributed by atoms with Gasteiger partial charge in [0.05, 0.1) is 10.5 Å². The highest BCUT2D eigenvalue weighted by Gasteiger charge is 2.36. The van der Waals surface area contributed by atoms with Crippen LogP contribution in [0.5, 0.6) is 0 Å². The lowest BCUT2D eigenvalue weighted by Crippen LogP contribution is -2.54. The molecule has 0 radical (unpaired) electrons. The molecule has 0 saturated carbocycles. The summed E-state index contributed by atoms with van der Waals surface area (Å²) in [6, 6.07) is 14.1. The number of carbonyl (C=O) groups excluding carboxylic acids is 2. The molecule has 0 N–H and O–H groups in total. The van der Waals surface area contributed by atoms with Crippen molar-refractivity contribution in [3.63, 3.8) is 0 Å². The monoisotopic (exact) mass is 442 g/mol. The summed E-state index contributed by atoms with van der Waals surface area (Å²) < 4.78 is 32.7. The van der Waals surface area contributed by atoms with E-state index in [0.29, 0.717) is 17.9 Å². The van der Waals surface area contributed by atoms with Crippen molar-refractivity contribution in [3.05, 3.63) is 65.2 Å². The molecule has 1 saturated heterocycles. The predicted molar refractivity (Wildman–Crippen MR) is 115 cm³/mol. The molecular formula is C23H26N2O5S. The lowest BCUT2D eigenvalue weighted by Gasteiger charge is -2.36. The molecule has 7 nitrogen and oxygen atoms in total. The lowest BCUT2D eigenvalue weighted by molar-refractivity contribution is -0.142. The molecule has 1 fully saturated rings. The van der Waals surface area contributed by atoms with Crippen LogP contribution in [0, 0.1) is 0 Å². The summed E-state index contributed by atoms with van der Waals surface area (Å²) in [6.45, 7) is 5.05. The average molecular weight is 443 g/mol. The molecule has 1 amide bonds. The summed E-state index contributed by atoms with van der Waals surface area (Å²) in [6.07, 6.45) is -0.532. The van der Waals surface area contributed by atoms with E-state index in [1.165, 1.54) is 4.31 Å². The molecule has 1 atom stereocenters. The Morgan fingerprint density at radius 3 is 2.29 bits per heavy atom. The van der Waals surface area contributed by atoms with Crippen molar-refractivity contribution in [2.45, 2.75) is 37.2 Å². The van der Waals surface area contributed by atoms with Crippen LogP contribution in [-0.4, -0.2) is 61.8 Å². The van der Waals surface area contributed by atoms with Crippen LogP contribution < -0.4 is 0 Å². The van der Waals surface area contributed by atoms with Crippen molar-refractivity contribution in [2.24, 2.45) is 0 Å². The Labute approximate surface area is 182 Å². The fourth-order valence-corrected chi connectivity index (χ4v) is 5.42. The van der Waals surface area contributed by atoms with Crippen molar-refractivity contribution in [1.29, 1.82) is 0 Å². The molecule has 2 aromatic carbocycles. The van der Waals surface area contributed by atoms with Crippen LogP contribution in [-0.2, 0) is 26.0 Å². The quantitative estimate of drug-likeness (QED) is 0.679. The first-order valence-corrected chi connectivity index (χ1v) is 11.9. The molecular weight excluding hydrogens is 416 g/mol. The van der Waals surface area contributed by atoms with Crippen molar-refractivity contribution in [3.8, 4) is 0 Å². The third kappa shape index (κ3) is 4.22. The van der Waals surface area contributed by atoms with Gasteiger partial charge in [-0.1, -0.05) is 44.2 Å². The van der Waals surface area contributed by atoms with Crippen LogP contribution in [0.2, 0.25) is 0 Å². The van der Waals surface area contributed by atoms with E-state index in [0.717, 1.165) is 11.1 Å². The van der Waals surface area contributed by atoms with Gasteiger partial charge in [0.1, 0.15) is 0 Å². The maximum Gasteiger partial charge on any atom is 0.339 e. The highest BCUT2D eigenvalue weighted by Crippen LogP contribution is 2.24. The fourth-order valence-electron chi connectivity index (χ4n) is 4.00.